The van der Waals surface area contributed by atoms with E-state index in [0.717, 1.165) is 44.3 Å². The maximum absolute atomic E-state index is 11.4. The van der Waals surface area contributed by atoms with Gasteiger partial charge < -0.3 is 14.6 Å². The van der Waals surface area contributed by atoms with Crippen molar-refractivity contribution in [3.8, 4) is 5.75 Å². The molecule has 1 aromatic carbocycles. The first-order valence-electron chi connectivity index (χ1n) is 11.7. The molecular formula is C25H42O4. The lowest BCUT2D eigenvalue weighted by molar-refractivity contribution is -0.143. The summed E-state index contributed by atoms with van der Waals surface area (Å²) in [5, 5.41) is 10.2. The fourth-order valence-corrected chi connectivity index (χ4v) is 3.48. The summed E-state index contributed by atoms with van der Waals surface area (Å²) in [6.07, 6.45) is 13.4. The van der Waals surface area contributed by atoms with Crippen LogP contribution in [0.2, 0.25) is 0 Å². The Morgan fingerprint density at radius 2 is 1.62 bits per heavy atom. The predicted octanol–water partition coefficient (Wildman–Crippen LogP) is 6.23. The van der Waals surface area contributed by atoms with Crippen molar-refractivity contribution >= 4 is 5.97 Å². The number of unbranched alkanes of at least 4 members (excludes halogenated alkanes) is 6. The van der Waals surface area contributed by atoms with E-state index in [1.54, 1.807) is 0 Å². The summed E-state index contributed by atoms with van der Waals surface area (Å²) in [5.74, 6) is 0.743. The van der Waals surface area contributed by atoms with Crippen LogP contribution in [0.4, 0.5) is 0 Å². The van der Waals surface area contributed by atoms with Gasteiger partial charge in [-0.05, 0) is 50.7 Å². The fourth-order valence-electron chi connectivity index (χ4n) is 3.48. The normalized spacial score (nSPS) is 12.0. The van der Waals surface area contributed by atoms with Crippen molar-refractivity contribution in [1.29, 1.82) is 0 Å². The standard InChI is InChI=1S/C25H42O4/c1-3-5-6-7-8-9-17-23(26)18-12-10-15-22-16-11-13-19-24(22)29-21-14-20-25(27)28-4-2/h11,13,16,19,23,26H,3-10,12,14-15,17-18,20-21H2,1-2H3. The van der Waals surface area contributed by atoms with Crippen LogP contribution in [-0.4, -0.2) is 30.4 Å². The number of carbonyl (C=O) groups is 1. The number of hydrogen-bond acceptors (Lipinski definition) is 4. The Labute approximate surface area is 178 Å². The van der Waals surface area contributed by atoms with Crippen molar-refractivity contribution in [2.45, 2.75) is 103 Å². The highest BCUT2D eigenvalue weighted by molar-refractivity contribution is 5.69. The number of benzene rings is 1. The van der Waals surface area contributed by atoms with Crippen molar-refractivity contribution in [3.63, 3.8) is 0 Å². The Kier molecular flexibility index (Phi) is 15.2. The third-order valence-corrected chi connectivity index (χ3v) is 5.19. The summed E-state index contributed by atoms with van der Waals surface area (Å²) in [6, 6.07) is 8.11. The second-order valence-electron chi connectivity index (χ2n) is 7.82. The van der Waals surface area contributed by atoms with Gasteiger partial charge in [0.1, 0.15) is 5.75 Å². The zero-order valence-corrected chi connectivity index (χ0v) is 18.7. The van der Waals surface area contributed by atoms with E-state index in [0.29, 0.717) is 26.1 Å². The molecule has 0 heterocycles. The van der Waals surface area contributed by atoms with Gasteiger partial charge in [-0.15, -0.1) is 0 Å². The van der Waals surface area contributed by atoms with Crippen molar-refractivity contribution in [2.24, 2.45) is 0 Å². The molecule has 0 aromatic heterocycles. The molecule has 0 fully saturated rings. The van der Waals surface area contributed by atoms with Gasteiger partial charge in [-0.25, -0.2) is 0 Å². The lowest BCUT2D eigenvalue weighted by atomic mass is 10.0. The quantitative estimate of drug-likeness (QED) is 0.232. The number of hydrogen-bond donors (Lipinski definition) is 1. The second-order valence-corrected chi connectivity index (χ2v) is 7.82. The number of aliphatic hydroxyl groups is 1. The topological polar surface area (TPSA) is 55.8 Å². The molecule has 0 bridgehead atoms. The van der Waals surface area contributed by atoms with E-state index >= 15 is 0 Å². The van der Waals surface area contributed by atoms with Crippen LogP contribution >= 0.6 is 0 Å². The molecule has 1 N–H and O–H groups in total. The molecule has 4 nitrogen and oxygen atoms in total. The molecule has 1 rings (SSSR count). The van der Waals surface area contributed by atoms with Gasteiger partial charge in [0.15, 0.2) is 0 Å². The Morgan fingerprint density at radius 3 is 2.38 bits per heavy atom. The Balaban J connectivity index is 2.17. The van der Waals surface area contributed by atoms with Gasteiger partial charge in [0.2, 0.25) is 0 Å². The number of carbonyl (C=O) groups excluding carboxylic acids is 1. The van der Waals surface area contributed by atoms with Gasteiger partial charge in [-0.3, -0.25) is 4.79 Å². The van der Waals surface area contributed by atoms with Gasteiger partial charge in [-0.2, -0.15) is 0 Å². The smallest absolute Gasteiger partial charge is 0.305 e. The van der Waals surface area contributed by atoms with Gasteiger partial charge in [-0.1, -0.05) is 70.1 Å². The molecule has 1 atom stereocenters. The zero-order chi connectivity index (χ0) is 21.2. The molecule has 166 valence electrons. The molecule has 0 saturated heterocycles. The monoisotopic (exact) mass is 406 g/mol. The number of aryl methyl sites for hydroxylation is 1. The van der Waals surface area contributed by atoms with Crippen LogP contribution in [0.5, 0.6) is 5.75 Å². The van der Waals surface area contributed by atoms with E-state index in [2.05, 4.69) is 13.0 Å². The summed E-state index contributed by atoms with van der Waals surface area (Å²) in [5.41, 5.74) is 1.20. The van der Waals surface area contributed by atoms with Crippen molar-refractivity contribution < 1.29 is 19.4 Å². The highest BCUT2D eigenvalue weighted by atomic mass is 16.5. The maximum Gasteiger partial charge on any atom is 0.305 e. The van der Waals surface area contributed by atoms with Crippen LogP contribution in [-0.2, 0) is 16.0 Å². The van der Waals surface area contributed by atoms with Crippen LogP contribution in [0.1, 0.15) is 96.5 Å². The van der Waals surface area contributed by atoms with Crippen molar-refractivity contribution in [3.05, 3.63) is 29.8 Å². The van der Waals surface area contributed by atoms with Crippen LogP contribution < -0.4 is 4.74 Å². The second kappa shape index (κ2) is 17.3. The molecule has 0 saturated carbocycles. The molecule has 0 spiro atoms. The van der Waals surface area contributed by atoms with Crippen LogP contribution in [0.25, 0.3) is 0 Å². The minimum atomic E-state index is -0.163. The van der Waals surface area contributed by atoms with E-state index in [1.165, 1.54) is 37.7 Å². The van der Waals surface area contributed by atoms with E-state index in [1.807, 2.05) is 25.1 Å². The van der Waals surface area contributed by atoms with Gasteiger partial charge in [0, 0.05) is 6.42 Å². The summed E-state index contributed by atoms with van der Waals surface area (Å²) in [4.78, 5) is 11.4. The minimum absolute atomic E-state index is 0.157. The van der Waals surface area contributed by atoms with Crippen LogP contribution in [0.3, 0.4) is 0 Å². The van der Waals surface area contributed by atoms with Crippen LogP contribution in [0.15, 0.2) is 24.3 Å². The predicted molar refractivity (Wildman–Crippen MR) is 119 cm³/mol. The Morgan fingerprint density at radius 1 is 0.931 bits per heavy atom. The molecule has 0 aliphatic carbocycles. The third kappa shape index (κ3) is 13.3. The maximum atomic E-state index is 11.4. The first kappa shape index (κ1) is 25.5. The minimum Gasteiger partial charge on any atom is -0.493 e. The molecule has 1 unspecified atom stereocenters. The summed E-state index contributed by atoms with van der Waals surface area (Å²) in [6.45, 7) is 5.00. The molecule has 0 amide bonds. The SMILES string of the molecule is CCCCCCCCC(O)CCCCc1ccccc1OCCCC(=O)OCC. The zero-order valence-electron chi connectivity index (χ0n) is 18.7. The Bertz CT molecular complexity index is 529. The molecule has 4 heteroatoms. The molecule has 29 heavy (non-hydrogen) atoms. The number of rotatable bonds is 18. The number of esters is 1. The van der Waals surface area contributed by atoms with E-state index in [9.17, 15) is 9.90 Å². The molecule has 0 aliphatic heterocycles. The van der Waals surface area contributed by atoms with Crippen LogP contribution in [0, 0.1) is 0 Å². The molecule has 1 aromatic rings. The van der Waals surface area contributed by atoms with Crippen molar-refractivity contribution in [1.82, 2.24) is 0 Å². The fraction of sp³-hybridized carbons (Fsp3) is 0.720. The van der Waals surface area contributed by atoms with E-state index < -0.39 is 0 Å². The van der Waals surface area contributed by atoms with Gasteiger partial charge >= 0.3 is 5.97 Å². The summed E-state index contributed by atoms with van der Waals surface area (Å²) >= 11 is 0. The highest BCUT2D eigenvalue weighted by Gasteiger charge is 2.07. The first-order valence-corrected chi connectivity index (χ1v) is 11.7. The highest BCUT2D eigenvalue weighted by Crippen LogP contribution is 2.21. The summed E-state index contributed by atoms with van der Waals surface area (Å²) in [7, 11) is 0. The number of aliphatic hydroxyl groups excluding tert-OH is 1. The molecular weight excluding hydrogens is 364 g/mol. The number of ether oxygens (including phenoxy) is 2. The largest absolute Gasteiger partial charge is 0.493 e. The molecule has 0 aliphatic rings. The van der Waals surface area contributed by atoms with E-state index in [-0.39, 0.29) is 12.1 Å². The first-order chi connectivity index (χ1) is 14.2. The average Bonchev–Trinajstić information content (AvgIpc) is 2.72. The van der Waals surface area contributed by atoms with Gasteiger partial charge in [0.25, 0.3) is 0 Å². The number of para-hydroxylation sites is 1. The lowest BCUT2D eigenvalue weighted by Gasteiger charge is -2.13. The van der Waals surface area contributed by atoms with Gasteiger partial charge in [0.05, 0.1) is 19.3 Å². The third-order valence-electron chi connectivity index (χ3n) is 5.19. The van der Waals surface area contributed by atoms with E-state index in [4.69, 9.17) is 9.47 Å². The lowest BCUT2D eigenvalue weighted by Crippen LogP contribution is -2.08. The molecule has 0 radical (unpaired) electrons. The Hall–Kier alpha value is -1.55. The summed E-state index contributed by atoms with van der Waals surface area (Å²) < 4.78 is 10.8. The average molecular weight is 407 g/mol. The van der Waals surface area contributed by atoms with Crippen molar-refractivity contribution in [2.75, 3.05) is 13.2 Å².